The van der Waals surface area contributed by atoms with Gasteiger partial charge in [0, 0.05) is 17.7 Å². The summed E-state index contributed by atoms with van der Waals surface area (Å²) in [4.78, 5) is 0. The lowest BCUT2D eigenvalue weighted by molar-refractivity contribution is -0.0137. The first-order chi connectivity index (χ1) is 16.2. The third-order valence-electron chi connectivity index (χ3n) is 6.65. The maximum absolute atomic E-state index is 10.7. The van der Waals surface area contributed by atoms with Gasteiger partial charge in [0.1, 0.15) is 0 Å². The molecule has 1 aliphatic rings. The minimum atomic E-state index is -0.223. The zero-order valence-corrected chi connectivity index (χ0v) is 21.8. The molecule has 7 heteroatoms. The Morgan fingerprint density at radius 3 is 1.94 bits per heavy atom. The minimum absolute atomic E-state index is 0.0344. The molecule has 0 aromatic heterocycles. The zero-order valence-electron chi connectivity index (χ0n) is 21.8. The molecular weight excluding hydrogens is 436 g/mol. The number of fused-ring (bicyclic) bond motifs is 3. The van der Waals surface area contributed by atoms with E-state index in [0.717, 1.165) is 22.3 Å². The van der Waals surface area contributed by atoms with E-state index in [1.807, 2.05) is 6.07 Å². The van der Waals surface area contributed by atoms with E-state index in [4.69, 9.17) is 28.4 Å². The predicted octanol–water partition coefficient (Wildman–Crippen LogP) is 5.64. The molecule has 2 aromatic rings. The molecule has 1 aliphatic carbocycles. The van der Waals surface area contributed by atoms with Gasteiger partial charge in [-0.05, 0) is 47.4 Å². The maximum Gasteiger partial charge on any atom is 0.203 e. The molecule has 3 unspecified atom stereocenters. The fraction of sp³-hybridized carbons (Fsp3) is 0.556. The smallest absolute Gasteiger partial charge is 0.203 e. The Labute approximate surface area is 202 Å². The van der Waals surface area contributed by atoms with E-state index >= 15 is 0 Å². The summed E-state index contributed by atoms with van der Waals surface area (Å²) < 4.78 is 35.3. The van der Waals surface area contributed by atoms with Crippen molar-refractivity contribution in [3.8, 4) is 45.6 Å². The van der Waals surface area contributed by atoms with Crippen molar-refractivity contribution in [2.45, 2.75) is 40.2 Å². The molecule has 2 aromatic carbocycles. The highest BCUT2D eigenvalue weighted by Crippen LogP contribution is 2.57. The zero-order chi connectivity index (χ0) is 25.2. The van der Waals surface area contributed by atoms with Gasteiger partial charge in [0.05, 0.1) is 41.7 Å². The summed E-state index contributed by atoms with van der Waals surface area (Å²) in [6.07, 6.45) is 0.488. The molecule has 1 N–H and O–H groups in total. The Balaban J connectivity index is 2.51. The van der Waals surface area contributed by atoms with Gasteiger partial charge in [0.15, 0.2) is 23.0 Å². The molecule has 0 fully saturated rings. The normalized spacial score (nSPS) is 19.5. The number of methoxy groups -OCH3 is 5. The van der Waals surface area contributed by atoms with Crippen LogP contribution in [0, 0.1) is 17.8 Å². The molecule has 3 rings (SSSR count). The summed E-state index contributed by atoms with van der Waals surface area (Å²) in [6.45, 7) is 9.30. The molecule has 7 nitrogen and oxygen atoms in total. The second-order valence-corrected chi connectivity index (χ2v) is 9.29. The van der Waals surface area contributed by atoms with Crippen molar-refractivity contribution >= 4 is 0 Å². The lowest BCUT2D eigenvalue weighted by Gasteiger charge is -2.36. The highest BCUT2D eigenvalue weighted by molar-refractivity contribution is 5.88. The van der Waals surface area contributed by atoms with Crippen molar-refractivity contribution in [1.29, 1.82) is 0 Å². The van der Waals surface area contributed by atoms with E-state index in [9.17, 15) is 5.11 Å². The number of rotatable bonds is 8. The summed E-state index contributed by atoms with van der Waals surface area (Å²) in [5.74, 6) is 3.09. The van der Waals surface area contributed by atoms with Crippen LogP contribution in [0.3, 0.4) is 0 Å². The first-order valence-electron chi connectivity index (χ1n) is 11.6. The van der Waals surface area contributed by atoms with E-state index in [2.05, 4.69) is 27.7 Å². The van der Waals surface area contributed by atoms with Crippen molar-refractivity contribution in [3.05, 3.63) is 23.3 Å². The molecule has 0 heterocycles. The van der Waals surface area contributed by atoms with Crippen LogP contribution in [0.1, 0.15) is 44.9 Å². The van der Waals surface area contributed by atoms with E-state index in [0.29, 0.717) is 41.9 Å². The molecule has 0 saturated heterocycles. The van der Waals surface area contributed by atoms with Crippen LogP contribution in [0.15, 0.2) is 12.1 Å². The van der Waals surface area contributed by atoms with E-state index < -0.39 is 0 Å². The average molecular weight is 475 g/mol. The number of hydrogen-bond acceptors (Lipinski definition) is 7. The van der Waals surface area contributed by atoms with Crippen LogP contribution < -0.4 is 23.7 Å². The van der Waals surface area contributed by atoms with Gasteiger partial charge in [0.25, 0.3) is 0 Å². The summed E-state index contributed by atoms with van der Waals surface area (Å²) in [5.41, 5.74) is 3.43. The van der Waals surface area contributed by atoms with Gasteiger partial charge in [-0.15, -0.1) is 0 Å². The predicted molar refractivity (Wildman–Crippen MR) is 132 cm³/mol. The van der Waals surface area contributed by atoms with Gasteiger partial charge in [-0.1, -0.05) is 27.7 Å². The maximum atomic E-state index is 10.7. The number of phenols is 1. The summed E-state index contributed by atoms with van der Waals surface area (Å²) in [7, 11) is 7.89. The second-order valence-electron chi connectivity index (χ2n) is 9.29. The van der Waals surface area contributed by atoms with Crippen LogP contribution in [0.5, 0.6) is 34.5 Å². The van der Waals surface area contributed by atoms with Crippen LogP contribution in [-0.2, 0) is 11.2 Å². The fourth-order valence-corrected chi connectivity index (χ4v) is 4.82. The van der Waals surface area contributed by atoms with Crippen LogP contribution in [-0.4, -0.2) is 47.3 Å². The van der Waals surface area contributed by atoms with Gasteiger partial charge in [-0.25, -0.2) is 0 Å². The number of phenolic OH excluding ortho intramolecular Hbond substituents is 1. The van der Waals surface area contributed by atoms with Crippen LogP contribution in [0.4, 0.5) is 0 Å². The molecule has 0 bridgehead atoms. The lowest BCUT2D eigenvalue weighted by Crippen LogP contribution is -2.26. The molecule has 0 spiro atoms. The second kappa shape index (κ2) is 10.6. The Bertz CT molecular complexity index is 1020. The quantitative estimate of drug-likeness (QED) is 0.530. The van der Waals surface area contributed by atoms with Gasteiger partial charge in [-0.2, -0.15) is 0 Å². The summed E-state index contributed by atoms with van der Waals surface area (Å²) >= 11 is 0. The molecular formula is C27H38O7. The fourth-order valence-electron chi connectivity index (χ4n) is 4.82. The van der Waals surface area contributed by atoms with Crippen molar-refractivity contribution in [3.63, 3.8) is 0 Å². The minimum Gasteiger partial charge on any atom is -0.504 e. The number of hydrogen-bond donors (Lipinski definition) is 1. The van der Waals surface area contributed by atoms with Crippen molar-refractivity contribution in [2.24, 2.45) is 17.8 Å². The standard InChI is InChI=1S/C27H38O7/c1-14(2)13-34-23-16(4)15(3)10-17-11-19(28)24(30-6)26(32-8)21(17)22-18(23)12-20(29-5)25(31-7)27(22)33-9/h11-12,14-16,23,28H,10,13H2,1-9H3. The highest BCUT2D eigenvalue weighted by Gasteiger charge is 2.37. The van der Waals surface area contributed by atoms with Gasteiger partial charge in [-0.3, -0.25) is 0 Å². The van der Waals surface area contributed by atoms with Crippen molar-refractivity contribution in [2.75, 3.05) is 42.2 Å². The van der Waals surface area contributed by atoms with Crippen molar-refractivity contribution in [1.82, 2.24) is 0 Å². The Morgan fingerprint density at radius 1 is 0.824 bits per heavy atom. The molecule has 0 saturated carbocycles. The van der Waals surface area contributed by atoms with Crippen LogP contribution >= 0.6 is 0 Å². The molecule has 34 heavy (non-hydrogen) atoms. The molecule has 0 radical (unpaired) electrons. The molecule has 0 aliphatic heterocycles. The summed E-state index contributed by atoms with van der Waals surface area (Å²) in [5, 5.41) is 10.7. The SMILES string of the molecule is COc1cc2c(c(OC)c1OC)-c1c(cc(O)c(OC)c1OC)CC(C)C(C)C2OCC(C)C. The third kappa shape index (κ3) is 4.45. The van der Waals surface area contributed by atoms with Crippen molar-refractivity contribution < 1.29 is 33.5 Å². The largest absolute Gasteiger partial charge is 0.504 e. The molecule has 3 atom stereocenters. The number of benzene rings is 2. The Kier molecular flexibility index (Phi) is 8.08. The molecule has 188 valence electrons. The number of aromatic hydroxyl groups is 1. The lowest BCUT2D eigenvalue weighted by atomic mass is 9.75. The first kappa shape index (κ1) is 25.8. The summed E-state index contributed by atoms with van der Waals surface area (Å²) in [6, 6.07) is 3.73. The van der Waals surface area contributed by atoms with E-state index in [1.54, 1.807) is 34.5 Å². The third-order valence-corrected chi connectivity index (χ3v) is 6.65. The van der Waals surface area contributed by atoms with E-state index in [-0.39, 0.29) is 29.4 Å². The first-order valence-corrected chi connectivity index (χ1v) is 11.6. The average Bonchev–Trinajstić information content (AvgIpc) is 2.81. The van der Waals surface area contributed by atoms with Crippen LogP contribution in [0.2, 0.25) is 0 Å². The Morgan fingerprint density at radius 2 is 1.41 bits per heavy atom. The van der Waals surface area contributed by atoms with Gasteiger partial charge < -0.3 is 33.5 Å². The number of ether oxygens (including phenoxy) is 6. The van der Waals surface area contributed by atoms with Gasteiger partial charge in [0.2, 0.25) is 11.5 Å². The monoisotopic (exact) mass is 474 g/mol. The Hall–Kier alpha value is -2.80. The van der Waals surface area contributed by atoms with Crippen LogP contribution in [0.25, 0.3) is 11.1 Å². The van der Waals surface area contributed by atoms with Gasteiger partial charge >= 0.3 is 0 Å². The topological polar surface area (TPSA) is 75.6 Å². The molecule has 0 amide bonds. The highest BCUT2D eigenvalue weighted by atomic mass is 16.5. The van der Waals surface area contributed by atoms with E-state index in [1.165, 1.54) is 7.11 Å².